The highest BCUT2D eigenvalue weighted by Crippen LogP contribution is 2.27. The number of rotatable bonds is 5. The number of halogens is 1. The van der Waals surface area contributed by atoms with Gasteiger partial charge in [-0.05, 0) is 35.7 Å². The SMILES string of the molecule is O=c1c2sccc2nc(SCc2nc(-c3ccccc3)no2)n1-c1ccc(Cl)cc1. The Balaban J connectivity index is 1.50. The van der Waals surface area contributed by atoms with Crippen LogP contribution in [-0.4, -0.2) is 19.7 Å². The Morgan fingerprint density at radius 3 is 2.63 bits per heavy atom. The minimum atomic E-state index is -0.115. The number of hydrogen-bond donors (Lipinski definition) is 0. The average molecular weight is 453 g/mol. The van der Waals surface area contributed by atoms with Crippen LogP contribution >= 0.6 is 34.7 Å². The standard InChI is InChI=1S/C21H13ClN4O2S2/c22-14-6-8-15(9-7-14)26-20(27)18-16(10-11-29-18)23-21(26)30-12-17-24-19(25-28-17)13-4-2-1-3-5-13/h1-11H,12H2. The maximum Gasteiger partial charge on any atom is 0.276 e. The normalized spacial score (nSPS) is 11.2. The molecule has 0 aliphatic heterocycles. The molecular formula is C21H13ClN4O2S2. The van der Waals surface area contributed by atoms with E-state index in [1.165, 1.54) is 23.1 Å². The van der Waals surface area contributed by atoms with Crippen molar-refractivity contribution in [1.82, 2.24) is 19.7 Å². The molecule has 6 nitrogen and oxygen atoms in total. The van der Waals surface area contributed by atoms with Gasteiger partial charge in [-0.25, -0.2) is 4.98 Å². The molecule has 3 aromatic heterocycles. The van der Waals surface area contributed by atoms with Gasteiger partial charge in [0.1, 0.15) is 4.70 Å². The topological polar surface area (TPSA) is 73.8 Å². The Morgan fingerprint density at radius 2 is 1.83 bits per heavy atom. The molecule has 0 radical (unpaired) electrons. The Kier molecular flexibility index (Phi) is 5.12. The molecule has 0 unspecified atom stereocenters. The van der Waals surface area contributed by atoms with E-state index in [1.54, 1.807) is 28.8 Å². The molecule has 5 aromatic rings. The fraction of sp³-hybridized carbons (Fsp3) is 0.0476. The van der Waals surface area contributed by atoms with Gasteiger partial charge in [-0.1, -0.05) is 58.9 Å². The van der Waals surface area contributed by atoms with Crippen molar-refractivity contribution in [3.8, 4) is 17.1 Å². The third kappa shape index (κ3) is 3.65. The van der Waals surface area contributed by atoms with Crippen molar-refractivity contribution in [2.24, 2.45) is 0 Å². The quantitative estimate of drug-likeness (QED) is 0.261. The lowest BCUT2D eigenvalue weighted by Crippen LogP contribution is -2.20. The third-order valence-corrected chi connectivity index (χ3v) is 6.43. The van der Waals surface area contributed by atoms with E-state index >= 15 is 0 Å². The molecule has 3 heterocycles. The first-order valence-corrected chi connectivity index (χ1v) is 11.2. The van der Waals surface area contributed by atoms with Gasteiger partial charge in [-0.15, -0.1) is 11.3 Å². The van der Waals surface area contributed by atoms with Gasteiger partial charge in [-0.2, -0.15) is 4.98 Å². The summed E-state index contributed by atoms with van der Waals surface area (Å²) in [6.45, 7) is 0. The van der Waals surface area contributed by atoms with Crippen molar-refractivity contribution in [3.05, 3.63) is 87.3 Å². The van der Waals surface area contributed by atoms with Crippen LogP contribution in [0.3, 0.4) is 0 Å². The van der Waals surface area contributed by atoms with Crippen LogP contribution in [0.25, 0.3) is 27.3 Å². The van der Waals surface area contributed by atoms with Crippen molar-refractivity contribution < 1.29 is 4.52 Å². The maximum atomic E-state index is 13.1. The van der Waals surface area contributed by atoms with E-state index < -0.39 is 0 Å². The molecule has 0 spiro atoms. The molecule has 0 atom stereocenters. The fourth-order valence-corrected chi connectivity index (χ4v) is 4.69. The molecule has 0 saturated carbocycles. The maximum absolute atomic E-state index is 13.1. The van der Waals surface area contributed by atoms with Crippen LogP contribution in [0.5, 0.6) is 0 Å². The molecular weight excluding hydrogens is 440 g/mol. The fourth-order valence-electron chi connectivity index (χ4n) is 2.95. The van der Waals surface area contributed by atoms with Crippen molar-refractivity contribution >= 4 is 44.9 Å². The second-order valence-corrected chi connectivity index (χ2v) is 8.61. The zero-order valence-electron chi connectivity index (χ0n) is 15.4. The molecule has 0 N–H and O–H groups in total. The molecule has 5 rings (SSSR count). The molecule has 0 aliphatic carbocycles. The van der Waals surface area contributed by atoms with E-state index in [4.69, 9.17) is 16.1 Å². The number of hydrogen-bond acceptors (Lipinski definition) is 7. The number of aromatic nitrogens is 4. The molecule has 9 heteroatoms. The van der Waals surface area contributed by atoms with Crippen molar-refractivity contribution in [1.29, 1.82) is 0 Å². The molecule has 0 fully saturated rings. The van der Waals surface area contributed by atoms with E-state index in [2.05, 4.69) is 15.1 Å². The van der Waals surface area contributed by atoms with Crippen LogP contribution in [0.15, 0.2) is 80.5 Å². The minimum Gasteiger partial charge on any atom is -0.338 e. The highest BCUT2D eigenvalue weighted by molar-refractivity contribution is 7.98. The summed E-state index contributed by atoms with van der Waals surface area (Å²) in [6.07, 6.45) is 0. The van der Waals surface area contributed by atoms with E-state index in [-0.39, 0.29) is 5.56 Å². The lowest BCUT2D eigenvalue weighted by molar-refractivity contribution is 0.391. The van der Waals surface area contributed by atoms with E-state index in [0.29, 0.717) is 43.6 Å². The lowest BCUT2D eigenvalue weighted by Gasteiger charge is -2.11. The lowest BCUT2D eigenvalue weighted by atomic mass is 10.2. The molecule has 0 aliphatic rings. The summed E-state index contributed by atoms with van der Waals surface area (Å²) in [5, 5.41) is 7.06. The van der Waals surface area contributed by atoms with Gasteiger partial charge in [0, 0.05) is 10.6 Å². The largest absolute Gasteiger partial charge is 0.338 e. The molecule has 0 amide bonds. The van der Waals surface area contributed by atoms with Crippen LogP contribution in [-0.2, 0) is 5.75 Å². The zero-order chi connectivity index (χ0) is 20.5. The summed E-state index contributed by atoms with van der Waals surface area (Å²) < 4.78 is 7.59. The summed E-state index contributed by atoms with van der Waals surface area (Å²) in [6, 6.07) is 18.6. The number of thioether (sulfide) groups is 1. The highest BCUT2D eigenvalue weighted by atomic mass is 35.5. The molecule has 2 aromatic carbocycles. The molecule has 0 bridgehead atoms. The zero-order valence-corrected chi connectivity index (χ0v) is 17.7. The van der Waals surface area contributed by atoms with Crippen LogP contribution < -0.4 is 5.56 Å². The average Bonchev–Trinajstić information content (AvgIpc) is 3.44. The Morgan fingerprint density at radius 1 is 1.03 bits per heavy atom. The number of benzene rings is 2. The second kappa shape index (κ2) is 8.06. The van der Waals surface area contributed by atoms with Gasteiger partial charge in [0.05, 0.1) is 17.0 Å². The number of nitrogens with zero attached hydrogens (tertiary/aromatic N) is 4. The molecule has 148 valence electrons. The summed E-state index contributed by atoms with van der Waals surface area (Å²) in [5.74, 6) is 1.37. The first kappa shape index (κ1) is 19.0. The van der Waals surface area contributed by atoms with E-state index in [0.717, 1.165) is 5.56 Å². The third-order valence-electron chi connectivity index (χ3n) is 4.36. The Hall–Kier alpha value is -2.94. The predicted molar refractivity (Wildman–Crippen MR) is 120 cm³/mol. The van der Waals surface area contributed by atoms with Crippen LogP contribution in [0.4, 0.5) is 0 Å². The Bertz CT molecular complexity index is 1380. The van der Waals surface area contributed by atoms with E-state index in [1.807, 2.05) is 41.8 Å². The van der Waals surface area contributed by atoms with Crippen LogP contribution in [0.1, 0.15) is 5.89 Å². The summed E-state index contributed by atoms with van der Waals surface area (Å²) in [4.78, 5) is 22.3. The smallest absolute Gasteiger partial charge is 0.276 e. The second-order valence-electron chi connectivity index (χ2n) is 6.31. The minimum absolute atomic E-state index is 0.115. The van der Waals surface area contributed by atoms with Gasteiger partial charge in [-0.3, -0.25) is 9.36 Å². The van der Waals surface area contributed by atoms with Crippen molar-refractivity contribution in [3.63, 3.8) is 0 Å². The van der Waals surface area contributed by atoms with Crippen LogP contribution in [0.2, 0.25) is 5.02 Å². The monoisotopic (exact) mass is 452 g/mol. The van der Waals surface area contributed by atoms with Gasteiger partial charge in [0.2, 0.25) is 11.7 Å². The summed E-state index contributed by atoms with van der Waals surface area (Å²) in [5.41, 5.74) is 2.14. The number of fused-ring (bicyclic) bond motifs is 1. The first-order chi connectivity index (χ1) is 14.7. The Labute approximate surface area is 184 Å². The highest BCUT2D eigenvalue weighted by Gasteiger charge is 2.16. The number of thiophene rings is 1. The summed E-state index contributed by atoms with van der Waals surface area (Å²) >= 11 is 8.76. The van der Waals surface area contributed by atoms with Gasteiger partial charge >= 0.3 is 0 Å². The van der Waals surface area contributed by atoms with Gasteiger partial charge < -0.3 is 4.52 Å². The first-order valence-electron chi connectivity index (χ1n) is 8.96. The molecule has 0 saturated heterocycles. The summed E-state index contributed by atoms with van der Waals surface area (Å²) in [7, 11) is 0. The van der Waals surface area contributed by atoms with E-state index in [9.17, 15) is 4.79 Å². The van der Waals surface area contributed by atoms with Crippen molar-refractivity contribution in [2.45, 2.75) is 10.9 Å². The van der Waals surface area contributed by atoms with Gasteiger partial charge in [0.15, 0.2) is 5.16 Å². The molecule has 30 heavy (non-hydrogen) atoms. The van der Waals surface area contributed by atoms with Crippen LogP contribution in [0, 0.1) is 0 Å². The van der Waals surface area contributed by atoms with Crippen molar-refractivity contribution in [2.75, 3.05) is 0 Å². The predicted octanol–water partition coefficient (Wildman–Crippen LogP) is 5.44. The van der Waals surface area contributed by atoms with Gasteiger partial charge in [0.25, 0.3) is 5.56 Å².